The largest absolute Gasteiger partial charge is 0.377 e. The van der Waals surface area contributed by atoms with Crippen LogP contribution in [0.2, 0.25) is 0 Å². The van der Waals surface area contributed by atoms with Gasteiger partial charge in [0.05, 0.1) is 16.9 Å². The van der Waals surface area contributed by atoms with Crippen molar-refractivity contribution in [3.05, 3.63) is 24.3 Å². The predicted octanol–water partition coefficient (Wildman–Crippen LogP) is 1.73. The van der Waals surface area contributed by atoms with Gasteiger partial charge in [0.2, 0.25) is 21.8 Å². The molecule has 2 aliphatic heterocycles. The van der Waals surface area contributed by atoms with Crippen LogP contribution in [0.1, 0.15) is 40.0 Å². The van der Waals surface area contributed by atoms with Crippen LogP contribution < -0.4 is 10.0 Å². The van der Waals surface area contributed by atoms with Gasteiger partial charge in [0.25, 0.3) is 0 Å². The lowest BCUT2D eigenvalue weighted by Gasteiger charge is -2.31. The first-order valence-corrected chi connectivity index (χ1v) is 11.4. The van der Waals surface area contributed by atoms with Crippen molar-refractivity contribution in [2.75, 3.05) is 25.0 Å². The predicted molar refractivity (Wildman–Crippen MR) is 109 cm³/mol. The zero-order valence-electron chi connectivity index (χ0n) is 17.1. The molecule has 0 unspecified atom stereocenters. The molecule has 2 N–H and O–H groups in total. The normalized spacial score (nSPS) is 22.9. The summed E-state index contributed by atoms with van der Waals surface area (Å²) >= 11 is 0. The maximum Gasteiger partial charge on any atom is 0.240 e. The number of hydrogen-bond acceptors (Lipinski definition) is 5. The molecule has 0 aromatic heterocycles. The highest BCUT2D eigenvalue weighted by atomic mass is 32.2. The summed E-state index contributed by atoms with van der Waals surface area (Å²) in [7, 11) is -3.63. The van der Waals surface area contributed by atoms with Gasteiger partial charge in [0.15, 0.2) is 0 Å². The Bertz CT molecular complexity index is 855. The van der Waals surface area contributed by atoms with Crippen LogP contribution in [0, 0.1) is 5.92 Å². The third-order valence-corrected chi connectivity index (χ3v) is 6.70. The maximum atomic E-state index is 12.5. The van der Waals surface area contributed by atoms with Gasteiger partial charge in [-0.3, -0.25) is 9.59 Å². The number of sulfonamides is 1. The lowest BCUT2D eigenvalue weighted by Crippen LogP contribution is -2.42. The number of rotatable bonds is 6. The van der Waals surface area contributed by atoms with Crippen LogP contribution in [0.15, 0.2) is 29.2 Å². The van der Waals surface area contributed by atoms with E-state index in [0.717, 1.165) is 12.8 Å². The molecule has 2 amide bonds. The zero-order valence-corrected chi connectivity index (χ0v) is 17.9. The molecule has 2 aliphatic rings. The van der Waals surface area contributed by atoms with E-state index in [1.165, 1.54) is 12.1 Å². The molecule has 29 heavy (non-hydrogen) atoms. The maximum absolute atomic E-state index is 12.5. The van der Waals surface area contributed by atoms with Gasteiger partial charge < -0.3 is 15.0 Å². The second-order valence-electron chi connectivity index (χ2n) is 8.58. The van der Waals surface area contributed by atoms with Gasteiger partial charge in [-0.1, -0.05) is 0 Å². The zero-order chi connectivity index (χ0) is 21.2. The van der Waals surface area contributed by atoms with E-state index in [1.807, 2.05) is 20.8 Å². The third-order valence-electron chi connectivity index (χ3n) is 5.26. The molecule has 1 aromatic rings. The van der Waals surface area contributed by atoms with Crippen LogP contribution in [-0.4, -0.2) is 56.5 Å². The summed E-state index contributed by atoms with van der Waals surface area (Å²) in [4.78, 5) is 26.5. The number of nitrogens with one attached hydrogen (secondary N) is 2. The van der Waals surface area contributed by atoms with Gasteiger partial charge in [0.1, 0.15) is 0 Å². The highest BCUT2D eigenvalue weighted by Gasteiger charge is 2.39. The Hall–Kier alpha value is -1.97. The van der Waals surface area contributed by atoms with E-state index in [-0.39, 0.29) is 41.3 Å². The summed E-state index contributed by atoms with van der Waals surface area (Å²) in [5.74, 6) is -0.688. The Morgan fingerprint density at radius 1 is 1.24 bits per heavy atom. The first kappa shape index (κ1) is 21.7. The van der Waals surface area contributed by atoms with Crippen LogP contribution in [0.5, 0.6) is 0 Å². The highest BCUT2D eigenvalue weighted by Crippen LogP contribution is 2.27. The molecule has 160 valence electrons. The number of benzene rings is 1. The smallest absolute Gasteiger partial charge is 0.240 e. The number of ether oxygens (including phenoxy) is 1. The van der Waals surface area contributed by atoms with Crippen LogP contribution >= 0.6 is 0 Å². The first-order valence-electron chi connectivity index (χ1n) is 9.89. The van der Waals surface area contributed by atoms with E-state index >= 15 is 0 Å². The monoisotopic (exact) mass is 423 g/mol. The minimum Gasteiger partial charge on any atom is -0.377 e. The molecule has 0 spiro atoms. The van der Waals surface area contributed by atoms with E-state index in [4.69, 9.17) is 4.74 Å². The molecule has 0 radical (unpaired) electrons. The second-order valence-corrected chi connectivity index (χ2v) is 10.3. The van der Waals surface area contributed by atoms with Gasteiger partial charge in [-0.15, -0.1) is 0 Å². The van der Waals surface area contributed by atoms with Gasteiger partial charge in [-0.2, -0.15) is 0 Å². The first-order chi connectivity index (χ1) is 13.6. The Morgan fingerprint density at radius 3 is 2.48 bits per heavy atom. The molecule has 2 atom stereocenters. The van der Waals surface area contributed by atoms with E-state index in [0.29, 0.717) is 18.8 Å². The van der Waals surface area contributed by atoms with Crippen molar-refractivity contribution in [3.8, 4) is 0 Å². The van der Waals surface area contributed by atoms with Crippen molar-refractivity contribution in [1.29, 1.82) is 0 Å². The number of nitrogens with zero attached hydrogens (tertiary/aromatic N) is 1. The molecule has 0 aliphatic carbocycles. The number of likely N-dealkylation sites (tertiary alicyclic amines) is 1. The van der Waals surface area contributed by atoms with Gasteiger partial charge in [0, 0.05) is 37.3 Å². The van der Waals surface area contributed by atoms with E-state index in [2.05, 4.69) is 10.0 Å². The minimum absolute atomic E-state index is 0.0311. The molecule has 2 saturated heterocycles. The molecule has 3 rings (SSSR count). The average molecular weight is 424 g/mol. The topological polar surface area (TPSA) is 105 Å². The van der Waals surface area contributed by atoms with Crippen molar-refractivity contribution in [2.24, 2.45) is 5.92 Å². The molecule has 2 heterocycles. The van der Waals surface area contributed by atoms with Crippen LogP contribution in [0.4, 0.5) is 5.69 Å². The average Bonchev–Trinajstić information content (AvgIpc) is 3.29. The number of hydrogen-bond donors (Lipinski definition) is 2. The van der Waals surface area contributed by atoms with Crippen LogP contribution in [-0.2, 0) is 24.3 Å². The Morgan fingerprint density at radius 2 is 1.93 bits per heavy atom. The minimum atomic E-state index is -3.63. The van der Waals surface area contributed by atoms with Gasteiger partial charge in [-0.05, 0) is 57.9 Å². The summed E-state index contributed by atoms with van der Waals surface area (Å²) in [5, 5.41) is 2.78. The van der Waals surface area contributed by atoms with E-state index in [9.17, 15) is 18.0 Å². The van der Waals surface area contributed by atoms with Crippen molar-refractivity contribution in [2.45, 2.75) is 56.6 Å². The Kier molecular flexibility index (Phi) is 6.30. The fourth-order valence-corrected chi connectivity index (χ4v) is 4.65. The molecule has 9 heteroatoms. The molecular weight excluding hydrogens is 394 g/mol. The summed E-state index contributed by atoms with van der Waals surface area (Å²) < 4.78 is 32.8. The van der Waals surface area contributed by atoms with Crippen LogP contribution in [0.25, 0.3) is 0 Å². The van der Waals surface area contributed by atoms with E-state index < -0.39 is 15.9 Å². The number of carbonyl (C=O) groups is 2. The SMILES string of the molecule is CC(C)(C)N1C[C@@H](C(=O)Nc2ccc(S(=O)(=O)NC[C@H]3CCCO3)cc2)CC1=O. The van der Waals surface area contributed by atoms with E-state index in [1.54, 1.807) is 17.0 Å². The molecule has 8 nitrogen and oxygen atoms in total. The Labute approximate surface area is 172 Å². The van der Waals surface area contributed by atoms with Crippen molar-refractivity contribution >= 4 is 27.5 Å². The summed E-state index contributed by atoms with van der Waals surface area (Å²) in [5.41, 5.74) is 0.174. The lowest BCUT2D eigenvalue weighted by molar-refractivity contribution is -0.131. The number of carbonyl (C=O) groups excluding carboxylic acids is 2. The van der Waals surface area contributed by atoms with Gasteiger partial charge in [-0.25, -0.2) is 13.1 Å². The fraction of sp³-hybridized carbons (Fsp3) is 0.600. The second kappa shape index (κ2) is 8.41. The molecule has 0 saturated carbocycles. The van der Waals surface area contributed by atoms with Gasteiger partial charge >= 0.3 is 0 Å². The van der Waals surface area contributed by atoms with Crippen molar-refractivity contribution < 1.29 is 22.7 Å². The lowest BCUT2D eigenvalue weighted by atomic mass is 10.1. The molecule has 2 fully saturated rings. The number of anilines is 1. The quantitative estimate of drug-likeness (QED) is 0.725. The van der Waals surface area contributed by atoms with Crippen molar-refractivity contribution in [3.63, 3.8) is 0 Å². The molecule has 1 aromatic carbocycles. The molecular formula is C20H29N3O5S. The fourth-order valence-electron chi connectivity index (χ4n) is 3.58. The molecule has 0 bridgehead atoms. The summed E-state index contributed by atoms with van der Waals surface area (Å²) in [6.45, 7) is 7.13. The van der Waals surface area contributed by atoms with Crippen molar-refractivity contribution in [1.82, 2.24) is 9.62 Å². The summed E-state index contributed by atoms with van der Waals surface area (Å²) in [6, 6.07) is 6.01. The standard InChI is InChI=1S/C20H29N3O5S/c1-20(2,3)23-13-14(11-18(23)24)19(25)22-15-6-8-17(9-7-15)29(26,27)21-12-16-5-4-10-28-16/h6-9,14,16,21H,4-5,10-13H2,1-3H3,(H,22,25)/t14-,16+/m0/s1. The summed E-state index contributed by atoms with van der Waals surface area (Å²) in [6.07, 6.45) is 1.90. The third kappa shape index (κ3) is 5.34. The number of amides is 2. The highest BCUT2D eigenvalue weighted by molar-refractivity contribution is 7.89. The van der Waals surface area contributed by atoms with Crippen LogP contribution in [0.3, 0.4) is 0 Å². The Balaban J connectivity index is 1.57.